The zero-order chi connectivity index (χ0) is 13.8. The van der Waals surface area contributed by atoms with E-state index >= 15 is 0 Å². The number of carbonyl (C=O) groups is 1. The molecular formula is C12H15N5OS. The molecule has 0 radical (unpaired) electrons. The SMILES string of the molecule is CNc1nc(N)c(C(=O)NCc2ccncc2C)s1. The minimum atomic E-state index is -0.215. The van der Waals surface area contributed by atoms with Gasteiger partial charge in [-0.05, 0) is 24.1 Å². The molecule has 0 fully saturated rings. The minimum absolute atomic E-state index is 0.215. The summed E-state index contributed by atoms with van der Waals surface area (Å²) in [5.41, 5.74) is 7.77. The van der Waals surface area contributed by atoms with Gasteiger partial charge >= 0.3 is 0 Å². The number of carbonyl (C=O) groups excluding carboxylic acids is 1. The van der Waals surface area contributed by atoms with E-state index in [1.165, 1.54) is 11.3 Å². The number of pyridine rings is 1. The molecule has 0 aliphatic rings. The van der Waals surface area contributed by atoms with Gasteiger partial charge in [0.25, 0.3) is 5.91 Å². The van der Waals surface area contributed by atoms with Gasteiger partial charge in [0, 0.05) is 26.0 Å². The molecule has 7 heteroatoms. The Morgan fingerprint density at radius 3 is 2.95 bits per heavy atom. The molecule has 2 aromatic heterocycles. The number of nitrogens with one attached hydrogen (secondary N) is 2. The molecule has 2 heterocycles. The molecule has 0 saturated carbocycles. The first kappa shape index (κ1) is 13.3. The molecule has 0 spiro atoms. The summed E-state index contributed by atoms with van der Waals surface area (Å²) in [6.07, 6.45) is 3.47. The fourth-order valence-corrected chi connectivity index (χ4v) is 2.31. The quantitative estimate of drug-likeness (QED) is 0.785. The number of aromatic nitrogens is 2. The average molecular weight is 277 g/mol. The third-order valence-corrected chi connectivity index (χ3v) is 3.74. The van der Waals surface area contributed by atoms with Crippen LogP contribution in [0.4, 0.5) is 10.9 Å². The Balaban J connectivity index is 2.05. The zero-order valence-electron chi connectivity index (χ0n) is 10.7. The Morgan fingerprint density at radius 1 is 1.53 bits per heavy atom. The highest BCUT2D eigenvalue weighted by molar-refractivity contribution is 7.18. The van der Waals surface area contributed by atoms with Crippen LogP contribution in [0.25, 0.3) is 0 Å². The van der Waals surface area contributed by atoms with Gasteiger partial charge in [0.1, 0.15) is 10.7 Å². The molecule has 19 heavy (non-hydrogen) atoms. The van der Waals surface area contributed by atoms with Crippen LogP contribution in [-0.4, -0.2) is 22.9 Å². The van der Waals surface area contributed by atoms with E-state index in [9.17, 15) is 4.79 Å². The lowest BCUT2D eigenvalue weighted by atomic mass is 10.1. The number of hydrogen-bond acceptors (Lipinski definition) is 6. The molecular weight excluding hydrogens is 262 g/mol. The van der Waals surface area contributed by atoms with E-state index in [4.69, 9.17) is 5.73 Å². The monoisotopic (exact) mass is 277 g/mol. The van der Waals surface area contributed by atoms with Crippen molar-refractivity contribution in [3.8, 4) is 0 Å². The number of hydrogen-bond donors (Lipinski definition) is 3. The molecule has 0 aromatic carbocycles. The van der Waals surface area contributed by atoms with Gasteiger partial charge in [0.05, 0.1) is 0 Å². The summed E-state index contributed by atoms with van der Waals surface area (Å²) in [6.45, 7) is 2.40. The fourth-order valence-electron chi connectivity index (χ4n) is 1.56. The first-order valence-corrected chi connectivity index (χ1v) is 6.55. The molecule has 0 aliphatic heterocycles. The van der Waals surface area contributed by atoms with Crippen molar-refractivity contribution in [1.29, 1.82) is 0 Å². The summed E-state index contributed by atoms with van der Waals surface area (Å²) in [5.74, 6) is 0.0333. The highest BCUT2D eigenvalue weighted by Gasteiger charge is 2.15. The van der Waals surface area contributed by atoms with E-state index in [-0.39, 0.29) is 11.7 Å². The second kappa shape index (κ2) is 5.66. The smallest absolute Gasteiger partial charge is 0.265 e. The molecule has 0 unspecified atom stereocenters. The van der Waals surface area contributed by atoms with Crippen LogP contribution in [0.3, 0.4) is 0 Å². The number of nitrogens with zero attached hydrogens (tertiary/aromatic N) is 2. The molecule has 0 bridgehead atoms. The maximum absolute atomic E-state index is 12.0. The summed E-state index contributed by atoms with van der Waals surface area (Å²) >= 11 is 1.24. The van der Waals surface area contributed by atoms with Gasteiger partial charge < -0.3 is 16.4 Å². The topological polar surface area (TPSA) is 92.9 Å². The third-order valence-electron chi connectivity index (χ3n) is 2.65. The number of aryl methyl sites for hydroxylation is 1. The molecule has 1 amide bonds. The lowest BCUT2D eigenvalue weighted by Crippen LogP contribution is -2.23. The Hall–Kier alpha value is -2.15. The van der Waals surface area contributed by atoms with E-state index < -0.39 is 0 Å². The normalized spacial score (nSPS) is 10.2. The summed E-state index contributed by atoms with van der Waals surface area (Å²) in [5, 5.41) is 6.32. The minimum Gasteiger partial charge on any atom is -0.382 e. The second-order valence-electron chi connectivity index (χ2n) is 3.97. The van der Waals surface area contributed by atoms with Crippen molar-refractivity contribution >= 4 is 28.2 Å². The molecule has 100 valence electrons. The van der Waals surface area contributed by atoms with Crippen molar-refractivity contribution in [3.05, 3.63) is 34.5 Å². The number of nitrogens with two attached hydrogens (primary N) is 1. The molecule has 2 aromatic rings. The van der Waals surface area contributed by atoms with E-state index in [2.05, 4.69) is 20.6 Å². The van der Waals surface area contributed by atoms with Gasteiger partial charge in [-0.1, -0.05) is 11.3 Å². The van der Waals surface area contributed by atoms with E-state index in [0.717, 1.165) is 11.1 Å². The van der Waals surface area contributed by atoms with E-state index in [1.807, 2.05) is 13.0 Å². The number of amides is 1. The van der Waals surface area contributed by atoms with Crippen molar-refractivity contribution < 1.29 is 4.79 Å². The largest absolute Gasteiger partial charge is 0.382 e. The van der Waals surface area contributed by atoms with Crippen molar-refractivity contribution in [1.82, 2.24) is 15.3 Å². The molecule has 2 rings (SSSR count). The van der Waals surface area contributed by atoms with Gasteiger partial charge in [0.2, 0.25) is 0 Å². The number of rotatable bonds is 4. The van der Waals surface area contributed by atoms with Gasteiger partial charge in [-0.15, -0.1) is 0 Å². The molecule has 4 N–H and O–H groups in total. The predicted molar refractivity (Wildman–Crippen MR) is 76.2 cm³/mol. The van der Waals surface area contributed by atoms with Crippen LogP contribution >= 0.6 is 11.3 Å². The number of anilines is 2. The molecule has 0 atom stereocenters. The maximum Gasteiger partial charge on any atom is 0.265 e. The first-order chi connectivity index (χ1) is 9.11. The standard InChI is InChI=1S/C12H15N5OS/c1-7-5-15-4-3-8(7)6-16-11(18)9-10(13)17-12(14-2)19-9/h3-5H,6,13H2,1-2H3,(H,14,17)(H,16,18). The van der Waals surface area contributed by atoms with Crippen LogP contribution in [-0.2, 0) is 6.54 Å². The van der Waals surface area contributed by atoms with Crippen molar-refractivity contribution in [3.63, 3.8) is 0 Å². The summed E-state index contributed by atoms with van der Waals surface area (Å²) in [4.78, 5) is 20.5. The van der Waals surface area contributed by atoms with Crippen LogP contribution in [0.2, 0.25) is 0 Å². The van der Waals surface area contributed by atoms with E-state index in [1.54, 1.807) is 19.4 Å². The van der Waals surface area contributed by atoms with Crippen LogP contribution in [0, 0.1) is 6.92 Å². The lowest BCUT2D eigenvalue weighted by molar-refractivity contribution is 0.0955. The van der Waals surface area contributed by atoms with E-state index in [0.29, 0.717) is 16.6 Å². The Morgan fingerprint density at radius 2 is 2.32 bits per heavy atom. The molecule has 0 aliphatic carbocycles. The summed E-state index contributed by atoms with van der Waals surface area (Å²) in [7, 11) is 1.74. The Labute approximate surface area is 115 Å². The number of nitrogen functional groups attached to an aromatic ring is 1. The maximum atomic E-state index is 12.0. The molecule has 0 saturated heterocycles. The van der Waals surface area contributed by atoms with Crippen molar-refractivity contribution in [2.45, 2.75) is 13.5 Å². The third kappa shape index (κ3) is 3.00. The second-order valence-corrected chi connectivity index (χ2v) is 4.97. The van der Waals surface area contributed by atoms with Gasteiger partial charge in [-0.25, -0.2) is 4.98 Å². The van der Waals surface area contributed by atoms with Gasteiger partial charge in [0.15, 0.2) is 5.13 Å². The van der Waals surface area contributed by atoms with Crippen LogP contribution in [0.1, 0.15) is 20.8 Å². The van der Waals surface area contributed by atoms with Crippen LogP contribution < -0.4 is 16.4 Å². The van der Waals surface area contributed by atoms with Gasteiger partial charge in [-0.2, -0.15) is 0 Å². The first-order valence-electron chi connectivity index (χ1n) is 5.73. The summed E-state index contributed by atoms with van der Waals surface area (Å²) < 4.78 is 0. The zero-order valence-corrected chi connectivity index (χ0v) is 11.5. The summed E-state index contributed by atoms with van der Waals surface area (Å²) in [6, 6.07) is 1.88. The van der Waals surface area contributed by atoms with Crippen LogP contribution in [0.15, 0.2) is 18.5 Å². The lowest BCUT2D eigenvalue weighted by Gasteiger charge is -2.06. The highest BCUT2D eigenvalue weighted by atomic mass is 32.1. The predicted octanol–water partition coefficient (Wildman–Crippen LogP) is 1.40. The highest BCUT2D eigenvalue weighted by Crippen LogP contribution is 2.24. The van der Waals surface area contributed by atoms with Crippen LogP contribution in [0.5, 0.6) is 0 Å². The average Bonchev–Trinajstić information content (AvgIpc) is 2.79. The fraction of sp³-hybridized carbons (Fsp3) is 0.250. The molecule has 6 nitrogen and oxygen atoms in total. The Bertz CT molecular complexity index is 596. The number of thiazole rings is 1. The van der Waals surface area contributed by atoms with Crippen molar-refractivity contribution in [2.24, 2.45) is 0 Å². The van der Waals surface area contributed by atoms with Crippen molar-refractivity contribution in [2.75, 3.05) is 18.1 Å². The van der Waals surface area contributed by atoms with Gasteiger partial charge in [-0.3, -0.25) is 9.78 Å². The Kier molecular flexibility index (Phi) is 3.96.